The molecule has 1 aliphatic carbocycles. The van der Waals surface area contributed by atoms with E-state index in [1.165, 1.54) is 31.0 Å². The van der Waals surface area contributed by atoms with Gasteiger partial charge in [-0.3, -0.25) is 9.36 Å². The van der Waals surface area contributed by atoms with Gasteiger partial charge in [0.2, 0.25) is 5.91 Å². The highest BCUT2D eigenvalue weighted by Gasteiger charge is 2.25. The number of anilines is 1. The van der Waals surface area contributed by atoms with Gasteiger partial charge in [0.1, 0.15) is 0 Å². The third-order valence-electron chi connectivity index (χ3n) is 6.26. The van der Waals surface area contributed by atoms with Gasteiger partial charge < -0.3 is 14.4 Å². The van der Waals surface area contributed by atoms with Crippen LogP contribution in [0.15, 0.2) is 53.7 Å². The summed E-state index contributed by atoms with van der Waals surface area (Å²) in [5, 5.41) is 9.88. The number of amides is 1. The van der Waals surface area contributed by atoms with Crippen molar-refractivity contribution in [1.29, 1.82) is 0 Å². The van der Waals surface area contributed by atoms with Gasteiger partial charge in [-0.15, -0.1) is 10.2 Å². The van der Waals surface area contributed by atoms with Crippen LogP contribution in [0.2, 0.25) is 0 Å². The van der Waals surface area contributed by atoms with E-state index in [9.17, 15) is 4.79 Å². The van der Waals surface area contributed by atoms with Gasteiger partial charge in [-0.25, -0.2) is 0 Å². The molecule has 1 aromatic heterocycles. The summed E-state index contributed by atoms with van der Waals surface area (Å²) in [5.41, 5.74) is 1.84. The molecule has 1 aliphatic rings. The first-order valence-electron chi connectivity index (χ1n) is 11.8. The van der Waals surface area contributed by atoms with E-state index in [2.05, 4.69) is 14.8 Å². The van der Waals surface area contributed by atoms with Crippen LogP contribution in [0.25, 0.3) is 11.4 Å². The first-order valence-corrected chi connectivity index (χ1v) is 12.8. The summed E-state index contributed by atoms with van der Waals surface area (Å²) in [7, 11) is 3.26. The molecule has 4 rings (SSSR count). The molecule has 7 nitrogen and oxygen atoms in total. The third kappa shape index (κ3) is 5.22. The Balaban J connectivity index is 1.61. The van der Waals surface area contributed by atoms with E-state index >= 15 is 0 Å². The Hall–Kier alpha value is -3.00. The monoisotopic (exact) mass is 480 g/mol. The van der Waals surface area contributed by atoms with E-state index in [1.54, 1.807) is 14.2 Å². The largest absolute Gasteiger partial charge is 0.493 e. The van der Waals surface area contributed by atoms with Gasteiger partial charge in [0.15, 0.2) is 22.5 Å². The minimum Gasteiger partial charge on any atom is -0.493 e. The van der Waals surface area contributed by atoms with Crippen molar-refractivity contribution in [2.24, 2.45) is 0 Å². The van der Waals surface area contributed by atoms with Gasteiger partial charge >= 0.3 is 0 Å². The summed E-state index contributed by atoms with van der Waals surface area (Å²) in [6, 6.07) is 15.9. The predicted molar refractivity (Wildman–Crippen MR) is 136 cm³/mol. The molecule has 3 aromatic rings. The molecule has 0 aliphatic heterocycles. The summed E-state index contributed by atoms with van der Waals surface area (Å²) < 4.78 is 13.1. The number of carbonyl (C=O) groups is 1. The van der Waals surface area contributed by atoms with E-state index in [4.69, 9.17) is 9.47 Å². The van der Waals surface area contributed by atoms with Crippen LogP contribution in [0.4, 0.5) is 5.69 Å². The number of methoxy groups -OCH3 is 2. The zero-order valence-corrected chi connectivity index (χ0v) is 20.9. The molecular weight excluding hydrogens is 448 g/mol. The van der Waals surface area contributed by atoms with Crippen LogP contribution in [0.1, 0.15) is 45.1 Å². The maximum Gasteiger partial charge on any atom is 0.237 e. The Labute approximate surface area is 205 Å². The van der Waals surface area contributed by atoms with Crippen molar-refractivity contribution in [3.05, 3.63) is 48.5 Å². The van der Waals surface area contributed by atoms with Gasteiger partial charge in [0.05, 0.1) is 20.0 Å². The molecule has 0 spiro atoms. The number of hydrogen-bond acceptors (Lipinski definition) is 6. The third-order valence-corrected chi connectivity index (χ3v) is 7.18. The van der Waals surface area contributed by atoms with Crippen LogP contribution in [0, 0.1) is 0 Å². The van der Waals surface area contributed by atoms with Crippen molar-refractivity contribution in [2.75, 3.05) is 31.4 Å². The van der Waals surface area contributed by atoms with Crippen molar-refractivity contribution < 1.29 is 14.3 Å². The lowest BCUT2D eigenvalue weighted by molar-refractivity contribution is -0.116. The predicted octanol–water partition coefficient (Wildman–Crippen LogP) is 5.61. The number of hydrogen-bond donors (Lipinski definition) is 0. The fourth-order valence-corrected chi connectivity index (χ4v) is 5.41. The van der Waals surface area contributed by atoms with Crippen LogP contribution in [0.3, 0.4) is 0 Å². The molecule has 180 valence electrons. The average Bonchev–Trinajstić information content (AvgIpc) is 3.32. The van der Waals surface area contributed by atoms with E-state index in [0.717, 1.165) is 35.1 Å². The second kappa shape index (κ2) is 11.4. The molecule has 34 heavy (non-hydrogen) atoms. The highest BCUT2D eigenvalue weighted by atomic mass is 32.2. The first-order chi connectivity index (χ1) is 16.7. The first kappa shape index (κ1) is 24.1. The van der Waals surface area contributed by atoms with Crippen molar-refractivity contribution in [1.82, 2.24) is 14.8 Å². The lowest BCUT2D eigenvalue weighted by Crippen LogP contribution is -2.32. The second-order valence-electron chi connectivity index (χ2n) is 8.30. The van der Waals surface area contributed by atoms with Crippen molar-refractivity contribution in [3.8, 4) is 22.9 Å². The van der Waals surface area contributed by atoms with Gasteiger partial charge in [-0.05, 0) is 50.1 Å². The molecule has 0 bridgehead atoms. The maximum absolute atomic E-state index is 13.1. The molecule has 0 radical (unpaired) electrons. The Morgan fingerprint density at radius 3 is 2.44 bits per heavy atom. The zero-order chi connectivity index (χ0) is 23.9. The Bertz CT molecular complexity index is 1100. The van der Waals surface area contributed by atoms with Crippen molar-refractivity contribution >= 4 is 23.4 Å². The molecular formula is C26H32N4O3S. The molecule has 1 amide bonds. The quantitative estimate of drug-likeness (QED) is 0.371. The van der Waals surface area contributed by atoms with Gasteiger partial charge in [-0.1, -0.05) is 49.2 Å². The highest BCUT2D eigenvalue weighted by molar-refractivity contribution is 7.99. The number of thioether (sulfide) groups is 1. The fraction of sp³-hybridized carbons (Fsp3) is 0.423. The second-order valence-corrected chi connectivity index (χ2v) is 9.24. The fourth-order valence-electron chi connectivity index (χ4n) is 4.53. The number of ether oxygens (including phenoxy) is 2. The van der Waals surface area contributed by atoms with E-state index in [1.807, 2.05) is 60.4 Å². The van der Waals surface area contributed by atoms with E-state index in [0.29, 0.717) is 29.8 Å². The van der Waals surface area contributed by atoms with Gasteiger partial charge in [0.25, 0.3) is 0 Å². The minimum atomic E-state index is 0.0598. The van der Waals surface area contributed by atoms with Crippen LogP contribution < -0.4 is 14.4 Å². The maximum atomic E-state index is 13.1. The van der Waals surface area contributed by atoms with Crippen molar-refractivity contribution in [3.63, 3.8) is 0 Å². The Kier molecular flexibility index (Phi) is 8.11. The smallest absolute Gasteiger partial charge is 0.237 e. The van der Waals surface area contributed by atoms with Crippen LogP contribution >= 0.6 is 11.8 Å². The molecule has 0 atom stereocenters. The highest BCUT2D eigenvalue weighted by Crippen LogP contribution is 2.38. The summed E-state index contributed by atoms with van der Waals surface area (Å²) in [5.74, 6) is 2.50. The lowest BCUT2D eigenvalue weighted by Gasteiger charge is -2.26. The van der Waals surface area contributed by atoms with Gasteiger partial charge in [0, 0.05) is 23.8 Å². The molecule has 8 heteroatoms. The molecule has 0 saturated heterocycles. The van der Waals surface area contributed by atoms with Crippen LogP contribution in [-0.4, -0.2) is 47.2 Å². The summed E-state index contributed by atoms with van der Waals surface area (Å²) >= 11 is 1.46. The normalized spacial score (nSPS) is 14.1. The van der Waals surface area contributed by atoms with Crippen molar-refractivity contribution in [2.45, 2.75) is 50.2 Å². The van der Waals surface area contributed by atoms with E-state index < -0.39 is 0 Å². The SMILES string of the molecule is CCN(C(=O)CSc1nnc(-c2ccc(OC)c(OC)c2)n1C1CCCCC1)c1ccccc1. The van der Waals surface area contributed by atoms with E-state index in [-0.39, 0.29) is 5.91 Å². The molecule has 0 unspecified atom stereocenters. The summed E-state index contributed by atoms with van der Waals surface area (Å²) in [6.07, 6.45) is 5.81. The standard InChI is InChI=1S/C26H32N4O3S/c1-4-29(20-11-7-5-8-12-20)24(31)18-34-26-28-27-25(30(26)21-13-9-6-10-14-21)19-15-16-22(32-2)23(17-19)33-3/h5,7-8,11-12,15-17,21H,4,6,9-10,13-14,18H2,1-3H3. The number of nitrogens with zero attached hydrogens (tertiary/aromatic N) is 4. The number of benzene rings is 2. The van der Waals surface area contributed by atoms with Gasteiger partial charge in [-0.2, -0.15) is 0 Å². The van der Waals surface area contributed by atoms with Crippen LogP contribution in [0.5, 0.6) is 11.5 Å². The number of para-hydroxylation sites is 1. The molecule has 0 N–H and O–H groups in total. The Morgan fingerprint density at radius 2 is 1.76 bits per heavy atom. The molecule has 1 fully saturated rings. The molecule has 1 saturated carbocycles. The molecule has 1 heterocycles. The topological polar surface area (TPSA) is 69.5 Å². The number of aromatic nitrogens is 3. The Morgan fingerprint density at radius 1 is 1.03 bits per heavy atom. The van der Waals surface area contributed by atoms with Crippen LogP contribution in [-0.2, 0) is 4.79 Å². The lowest BCUT2D eigenvalue weighted by atomic mass is 9.95. The number of rotatable bonds is 9. The average molecular weight is 481 g/mol. The summed E-state index contributed by atoms with van der Waals surface area (Å²) in [4.78, 5) is 14.9. The zero-order valence-electron chi connectivity index (χ0n) is 20.1. The summed E-state index contributed by atoms with van der Waals surface area (Å²) in [6.45, 7) is 2.62. The minimum absolute atomic E-state index is 0.0598. The molecule has 2 aromatic carbocycles. The number of carbonyl (C=O) groups excluding carboxylic acids is 1.